The smallest absolute Gasteiger partial charge is 0.243 e. The Hall–Kier alpha value is -1.14. The minimum Gasteiger partial charge on any atom is -0.381 e. The van der Waals surface area contributed by atoms with E-state index < -0.39 is 11.6 Å². The Morgan fingerprint density at radius 2 is 2.18 bits per heavy atom. The summed E-state index contributed by atoms with van der Waals surface area (Å²) in [6.45, 7) is 3.79. The van der Waals surface area contributed by atoms with E-state index in [2.05, 4.69) is 5.32 Å². The van der Waals surface area contributed by atoms with Gasteiger partial charge >= 0.3 is 0 Å². The van der Waals surface area contributed by atoms with Crippen LogP contribution in [0.25, 0.3) is 0 Å². The van der Waals surface area contributed by atoms with Crippen molar-refractivity contribution in [3.8, 4) is 0 Å². The molecule has 96 valence electrons. The molecule has 2 saturated heterocycles. The van der Waals surface area contributed by atoms with E-state index in [9.17, 15) is 9.59 Å². The SMILES string of the molecule is CC1C(=O)NCCN1C(=O)C1(N)CCOCC1. The van der Waals surface area contributed by atoms with Crippen LogP contribution in [0.4, 0.5) is 0 Å². The summed E-state index contributed by atoms with van der Waals surface area (Å²) >= 11 is 0. The van der Waals surface area contributed by atoms with E-state index in [1.165, 1.54) is 0 Å². The van der Waals surface area contributed by atoms with Crippen LogP contribution in [0.2, 0.25) is 0 Å². The average molecular weight is 241 g/mol. The fraction of sp³-hybridized carbons (Fsp3) is 0.818. The Labute approximate surface area is 100 Å². The van der Waals surface area contributed by atoms with Gasteiger partial charge in [-0.3, -0.25) is 9.59 Å². The number of amides is 2. The van der Waals surface area contributed by atoms with E-state index in [0.29, 0.717) is 39.1 Å². The molecule has 0 aromatic carbocycles. The van der Waals surface area contributed by atoms with E-state index in [-0.39, 0.29) is 11.8 Å². The fourth-order valence-electron chi connectivity index (χ4n) is 2.30. The topological polar surface area (TPSA) is 84.7 Å². The molecule has 3 N–H and O–H groups in total. The maximum Gasteiger partial charge on any atom is 0.243 e. The lowest BCUT2D eigenvalue weighted by molar-refractivity contribution is -0.149. The van der Waals surface area contributed by atoms with Gasteiger partial charge in [0.05, 0.1) is 5.54 Å². The molecule has 0 aliphatic carbocycles. The zero-order valence-corrected chi connectivity index (χ0v) is 10.1. The molecular weight excluding hydrogens is 222 g/mol. The summed E-state index contributed by atoms with van der Waals surface area (Å²) in [6, 6.07) is -0.431. The highest BCUT2D eigenvalue weighted by Crippen LogP contribution is 2.22. The van der Waals surface area contributed by atoms with E-state index in [1.54, 1.807) is 11.8 Å². The molecule has 1 atom stereocenters. The van der Waals surface area contributed by atoms with Gasteiger partial charge in [0.1, 0.15) is 6.04 Å². The van der Waals surface area contributed by atoms with Crippen LogP contribution in [0.3, 0.4) is 0 Å². The Morgan fingerprint density at radius 1 is 1.53 bits per heavy atom. The molecule has 6 heteroatoms. The van der Waals surface area contributed by atoms with Crippen molar-refractivity contribution in [2.75, 3.05) is 26.3 Å². The molecule has 0 saturated carbocycles. The molecule has 2 amide bonds. The van der Waals surface area contributed by atoms with Crippen molar-refractivity contribution >= 4 is 11.8 Å². The molecule has 2 rings (SSSR count). The summed E-state index contributed by atoms with van der Waals surface area (Å²) in [6.07, 6.45) is 1.05. The molecule has 2 fully saturated rings. The molecule has 0 bridgehead atoms. The third-order valence-electron chi connectivity index (χ3n) is 3.57. The molecule has 0 spiro atoms. The summed E-state index contributed by atoms with van der Waals surface area (Å²) in [7, 11) is 0. The molecule has 0 aromatic heterocycles. The second-order valence-corrected chi connectivity index (χ2v) is 4.73. The molecule has 0 aromatic rings. The number of nitrogens with zero attached hydrogens (tertiary/aromatic N) is 1. The van der Waals surface area contributed by atoms with Gasteiger partial charge in [-0.2, -0.15) is 0 Å². The summed E-state index contributed by atoms with van der Waals surface area (Å²) in [4.78, 5) is 25.5. The second-order valence-electron chi connectivity index (χ2n) is 4.73. The van der Waals surface area contributed by atoms with Crippen molar-refractivity contribution in [1.29, 1.82) is 0 Å². The quantitative estimate of drug-likeness (QED) is 0.606. The van der Waals surface area contributed by atoms with E-state index in [0.717, 1.165) is 0 Å². The van der Waals surface area contributed by atoms with Crippen LogP contribution >= 0.6 is 0 Å². The van der Waals surface area contributed by atoms with E-state index in [4.69, 9.17) is 10.5 Å². The number of rotatable bonds is 1. The summed E-state index contributed by atoms with van der Waals surface area (Å²) < 4.78 is 5.22. The molecule has 2 aliphatic heterocycles. The van der Waals surface area contributed by atoms with Crippen LogP contribution in [-0.2, 0) is 14.3 Å². The molecule has 17 heavy (non-hydrogen) atoms. The van der Waals surface area contributed by atoms with Crippen molar-refractivity contribution < 1.29 is 14.3 Å². The first-order valence-electron chi connectivity index (χ1n) is 6.00. The first-order valence-corrected chi connectivity index (χ1v) is 6.00. The van der Waals surface area contributed by atoms with Gasteiger partial charge in [-0.25, -0.2) is 0 Å². The highest BCUT2D eigenvalue weighted by atomic mass is 16.5. The zero-order chi connectivity index (χ0) is 12.5. The van der Waals surface area contributed by atoms with Crippen molar-refractivity contribution in [3.63, 3.8) is 0 Å². The lowest BCUT2D eigenvalue weighted by Gasteiger charge is -2.40. The number of carbonyl (C=O) groups is 2. The molecule has 2 heterocycles. The van der Waals surface area contributed by atoms with Crippen LogP contribution in [0, 0.1) is 0 Å². The third-order valence-corrected chi connectivity index (χ3v) is 3.57. The number of hydrogen-bond donors (Lipinski definition) is 2. The van der Waals surface area contributed by atoms with Crippen molar-refractivity contribution in [2.45, 2.75) is 31.3 Å². The highest BCUT2D eigenvalue weighted by molar-refractivity contribution is 5.92. The van der Waals surface area contributed by atoms with Gasteiger partial charge in [-0.15, -0.1) is 0 Å². The number of nitrogens with two attached hydrogens (primary N) is 1. The number of hydrogen-bond acceptors (Lipinski definition) is 4. The Morgan fingerprint density at radius 3 is 2.82 bits per heavy atom. The maximum atomic E-state index is 12.4. The molecule has 2 aliphatic rings. The standard InChI is InChI=1S/C11H19N3O3/c1-8-9(15)13-4-5-14(8)10(16)11(12)2-6-17-7-3-11/h8H,2-7,12H2,1H3,(H,13,15). The van der Waals surface area contributed by atoms with E-state index >= 15 is 0 Å². The molecule has 1 unspecified atom stereocenters. The minimum atomic E-state index is -0.857. The minimum absolute atomic E-state index is 0.111. The normalized spacial score (nSPS) is 28.7. The number of piperazine rings is 1. The third kappa shape index (κ3) is 2.28. The second kappa shape index (κ2) is 4.62. The van der Waals surface area contributed by atoms with Crippen molar-refractivity contribution in [3.05, 3.63) is 0 Å². The van der Waals surface area contributed by atoms with Gasteiger partial charge < -0.3 is 20.7 Å². The average Bonchev–Trinajstić information content (AvgIpc) is 2.33. The van der Waals surface area contributed by atoms with Crippen LogP contribution in [0.15, 0.2) is 0 Å². The largest absolute Gasteiger partial charge is 0.381 e. The number of carbonyl (C=O) groups excluding carboxylic acids is 2. The van der Waals surface area contributed by atoms with Crippen LogP contribution in [0.1, 0.15) is 19.8 Å². The van der Waals surface area contributed by atoms with Gasteiger partial charge in [0.15, 0.2) is 0 Å². The zero-order valence-electron chi connectivity index (χ0n) is 10.1. The summed E-state index contributed by atoms with van der Waals surface area (Å²) in [5.41, 5.74) is 5.28. The molecule has 0 radical (unpaired) electrons. The van der Waals surface area contributed by atoms with E-state index in [1.807, 2.05) is 0 Å². The lowest BCUT2D eigenvalue weighted by Crippen LogP contribution is -2.64. The number of nitrogens with one attached hydrogen (secondary N) is 1. The summed E-state index contributed by atoms with van der Waals surface area (Å²) in [5, 5.41) is 2.73. The van der Waals surface area contributed by atoms with Crippen molar-refractivity contribution in [1.82, 2.24) is 10.2 Å². The first kappa shape index (κ1) is 12.3. The Balaban J connectivity index is 2.10. The van der Waals surface area contributed by atoms with Crippen LogP contribution in [0.5, 0.6) is 0 Å². The number of ether oxygens (including phenoxy) is 1. The van der Waals surface area contributed by atoms with Gasteiger partial charge in [-0.05, 0) is 19.8 Å². The lowest BCUT2D eigenvalue weighted by atomic mass is 9.89. The van der Waals surface area contributed by atoms with Gasteiger partial charge in [-0.1, -0.05) is 0 Å². The van der Waals surface area contributed by atoms with Crippen LogP contribution in [-0.4, -0.2) is 54.6 Å². The fourth-order valence-corrected chi connectivity index (χ4v) is 2.30. The first-order chi connectivity index (χ1) is 8.04. The molecule has 6 nitrogen and oxygen atoms in total. The highest BCUT2D eigenvalue weighted by Gasteiger charge is 2.42. The maximum absolute atomic E-state index is 12.4. The van der Waals surface area contributed by atoms with Gasteiger partial charge in [0.2, 0.25) is 11.8 Å². The van der Waals surface area contributed by atoms with Gasteiger partial charge in [0.25, 0.3) is 0 Å². The molecular formula is C11H19N3O3. The predicted octanol–water partition coefficient (Wildman–Crippen LogP) is -1.16. The van der Waals surface area contributed by atoms with Crippen LogP contribution < -0.4 is 11.1 Å². The monoisotopic (exact) mass is 241 g/mol. The summed E-state index contributed by atoms with van der Waals surface area (Å²) in [5.74, 6) is -0.233. The Bertz CT molecular complexity index is 326. The van der Waals surface area contributed by atoms with Crippen molar-refractivity contribution in [2.24, 2.45) is 5.73 Å². The Kier molecular flexibility index (Phi) is 3.35. The predicted molar refractivity (Wildman–Crippen MR) is 61.2 cm³/mol. The van der Waals surface area contributed by atoms with Gasteiger partial charge in [0, 0.05) is 26.3 Å².